The molecule has 0 aromatic heterocycles. The van der Waals surface area contributed by atoms with Gasteiger partial charge in [-0.1, -0.05) is 36.4 Å². The topological polar surface area (TPSA) is 61.7 Å². The van der Waals surface area contributed by atoms with Gasteiger partial charge in [-0.05, 0) is 17.7 Å². The summed E-state index contributed by atoms with van der Waals surface area (Å²) in [4.78, 5) is 0. The van der Waals surface area contributed by atoms with Crippen LogP contribution in [0.5, 0.6) is 5.75 Å². The Morgan fingerprint density at radius 3 is 2.60 bits per heavy atom. The van der Waals surface area contributed by atoms with E-state index in [1.54, 1.807) is 0 Å². The summed E-state index contributed by atoms with van der Waals surface area (Å²) in [6, 6.07) is 17.5. The fourth-order valence-corrected chi connectivity index (χ4v) is 1.74. The molecule has 0 amide bonds. The first-order valence-corrected chi connectivity index (χ1v) is 6.57. The van der Waals surface area contributed by atoms with E-state index in [0.29, 0.717) is 13.2 Å². The quantitative estimate of drug-likeness (QED) is 0.722. The van der Waals surface area contributed by atoms with E-state index in [1.807, 2.05) is 54.6 Å². The van der Waals surface area contributed by atoms with Gasteiger partial charge in [0.2, 0.25) is 0 Å². The van der Waals surface area contributed by atoms with Crippen LogP contribution in [0.2, 0.25) is 0 Å². The maximum absolute atomic E-state index is 9.30. The molecule has 2 aromatic rings. The van der Waals surface area contributed by atoms with E-state index in [0.717, 1.165) is 17.0 Å². The second kappa shape index (κ2) is 7.53. The molecule has 2 aromatic carbocycles. The van der Waals surface area contributed by atoms with Gasteiger partial charge in [0.25, 0.3) is 0 Å². The molecule has 4 heteroatoms. The number of rotatable bonds is 7. The van der Waals surface area contributed by atoms with Crippen LogP contribution in [0.15, 0.2) is 54.6 Å². The number of hydrogen-bond acceptors (Lipinski definition) is 4. The number of hydrogen-bond donors (Lipinski definition) is 3. The number of anilines is 1. The van der Waals surface area contributed by atoms with E-state index in [-0.39, 0.29) is 6.61 Å². The molecule has 0 spiro atoms. The molecule has 0 radical (unpaired) electrons. The third-order valence-corrected chi connectivity index (χ3v) is 2.83. The summed E-state index contributed by atoms with van der Waals surface area (Å²) in [6.45, 7) is 0.569. The zero-order chi connectivity index (χ0) is 14.2. The monoisotopic (exact) mass is 273 g/mol. The molecule has 0 heterocycles. The Morgan fingerprint density at radius 1 is 1.05 bits per heavy atom. The molecule has 0 aliphatic heterocycles. The van der Waals surface area contributed by atoms with Crippen molar-refractivity contribution < 1.29 is 14.9 Å². The van der Waals surface area contributed by atoms with Crippen LogP contribution in [0.25, 0.3) is 0 Å². The Balaban J connectivity index is 1.89. The standard InChI is InChI=1S/C16H19NO3/c18-11-15(19)10-17-14-7-4-8-16(9-14)20-12-13-5-2-1-3-6-13/h1-9,15,17-19H,10-12H2. The lowest BCUT2D eigenvalue weighted by Crippen LogP contribution is -2.22. The van der Waals surface area contributed by atoms with Crippen LogP contribution in [0.1, 0.15) is 5.56 Å². The average Bonchev–Trinajstić information content (AvgIpc) is 2.52. The van der Waals surface area contributed by atoms with Crippen molar-refractivity contribution in [3.05, 3.63) is 60.2 Å². The molecule has 1 unspecified atom stereocenters. The highest BCUT2D eigenvalue weighted by atomic mass is 16.5. The number of aliphatic hydroxyl groups excluding tert-OH is 2. The van der Waals surface area contributed by atoms with Crippen molar-refractivity contribution >= 4 is 5.69 Å². The normalized spacial score (nSPS) is 11.9. The maximum atomic E-state index is 9.30. The van der Waals surface area contributed by atoms with Crippen molar-refractivity contribution in [1.29, 1.82) is 0 Å². The lowest BCUT2D eigenvalue weighted by atomic mass is 10.2. The van der Waals surface area contributed by atoms with Gasteiger partial charge in [0.15, 0.2) is 0 Å². The smallest absolute Gasteiger partial charge is 0.121 e. The molecule has 20 heavy (non-hydrogen) atoms. The van der Waals surface area contributed by atoms with Crippen molar-refractivity contribution in [2.75, 3.05) is 18.5 Å². The summed E-state index contributed by atoms with van der Waals surface area (Å²) in [7, 11) is 0. The van der Waals surface area contributed by atoms with Crippen molar-refractivity contribution in [1.82, 2.24) is 0 Å². The Bertz CT molecular complexity index is 516. The van der Waals surface area contributed by atoms with Gasteiger partial charge < -0.3 is 20.3 Å². The summed E-state index contributed by atoms with van der Waals surface area (Å²) in [5.74, 6) is 0.761. The van der Waals surface area contributed by atoms with Crippen LogP contribution in [-0.2, 0) is 6.61 Å². The molecular weight excluding hydrogens is 254 g/mol. The second-order valence-electron chi connectivity index (χ2n) is 4.52. The van der Waals surface area contributed by atoms with E-state index in [2.05, 4.69) is 5.32 Å². The van der Waals surface area contributed by atoms with Crippen LogP contribution in [0.4, 0.5) is 5.69 Å². The Labute approximate surface area is 118 Å². The van der Waals surface area contributed by atoms with Gasteiger partial charge in [-0.25, -0.2) is 0 Å². The van der Waals surface area contributed by atoms with Gasteiger partial charge in [-0.3, -0.25) is 0 Å². The van der Waals surface area contributed by atoms with Crippen LogP contribution in [0, 0.1) is 0 Å². The van der Waals surface area contributed by atoms with E-state index < -0.39 is 6.10 Å². The minimum atomic E-state index is -0.760. The number of ether oxygens (including phenoxy) is 1. The highest BCUT2D eigenvalue weighted by Gasteiger charge is 2.02. The van der Waals surface area contributed by atoms with Gasteiger partial charge in [0, 0.05) is 18.3 Å². The minimum absolute atomic E-state index is 0.253. The largest absolute Gasteiger partial charge is 0.489 e. The van der Waals surface area contributed by atoms with Crippen LogP contribution >= 0.6 is 0 Å². The predicted octanol–water partition coefficient (Wildman–Crippen LogP) is 2.03. The molecule has 0 saturated heterocycles. The molecule has 0 aliphatic carbocycles. The van der Waals surface area contributed by atoms with E-state index >= 15 is 0 Å². The maximum Gasteiger partial charge on any atom is 0.121 e. The fraction of sp³-hybridized carbons (Fsp3) is 0.250. The van der Waals surface area contributed by atoms with Crippen molar-refractivity contribution in [2.45, 2.75) is 12.7 Å². The highest BCUT2D eigenvalue weighted by Crippen LogP contribution is 2.18. The average molecular weight is 273 g/mol. The highest BCUT2D eigenvalue weighted by molar-refractivity contribution is 5.48. The summed E-state index contributed by atoms with van der Waals surface area (Å²) >= 11 is 0. The molecule has 2 rings (SSSR count). The van der Waals surface area contributed by atoms with E-state index in [9.17, 15) is 5.11 Å². The zero-order valence-electron chi connectivity index (χ0n) is 11.2. The number of benzene rings is 2. The molecule has 0 aliphatic rings. The lowest BCUT2D eigenvalue weighted by molar-refractivity contribution is 0.105. The van der Waals surface area contributed by atoms with Gasteiger partial charge in [0.1, 0.15) is 12.4 Å². The summed E-state index contributed by atoms with van der Waals surface area (Å²) in [5, 5.41) is 21.1. The van der Waals surface area contributed by atoms with E-state index in [4.69, 9.17) is 9.84 Å². The van der Waals surface area contributed by atoms with Gasteiger partial charge in [0.05, 0.1) is 12.7 Å². The SMILES string of the molecule is OCC(O)CNc1cccc(OCc2ccccc2)c1. The first kappa shape index (κ1) is 14.4. The molecule has 106 valence electrons. The van der Waals surface area contributed by atoms with Crippen molar-refractivity contribution in [3.8, 4) is 5.75 Å². The van der Waals surface area contributed by atoms with Crippen molar-refractivity contribution in [3.63, 3.8) is 0 Å². The van der Waals surface area contributed by atoms with Crippen LogP contribution < -0.4 is 10.1 Å². The zero-order valence-corrected chi connectivity index (χ0v) is 11.2. The molecular formula is C16H19NO3. The second-order valence-corrected chi connectivity index (χ2v) is 4.52. The Morgan fingerprint density at radius 2 is 1.85 bits per heavy atom. The van der Waals surface area contributed by atoms with Gasteiger partial charge >= 0.3 is 0 Å². The first-order valence-electron chi connectivity index (χ1n) is 6.57. The van der Waals surface area contributed by atoms with E-state index in [1.165, 1.54) is 0 Å². The summed E-state index contributed by atoms with van der Waals surface area (Å²) < 4.78 is 5.71. The molecule has 1 atom stereocenters. The van der Waals surface area contributed by atoms with Gasteiger partial charge in [-0.15, -0.1) is 0 Å². The molecule has 0 saturated carbocycles. The first-order chi connectivity index (χ1) is 9.78. The molecule has 4 nitrogen and oxygen atoms in total. The van der Waals surface area contributed by atoms with Gasteiger partial charge in [-0.2, -0.15) is 0 Å². The van der Waals surface area contributed by atoms with Crippen LogP contribution in [0.3, 0.4) is 0 Å². The summed E-state index contributed by atoms with van der Waals surface area (Å²) in [6.07, 6.45) is -0.760. The predicted molar refractivity (Wildman–Crippen MR) is 78.8 cm³/mol. The molecule has 0 bridgehead atoms. The van der Waals surface area contributed by atoms with Crippen LogP contribution in [-0.4, -0.2) is 29.5 Å². The molecule has 0 fully saturated rings. The summed E-state index contributed by atoms with van der Waals surface area (Å²) in [5.41, 5.74) is 1.96. The minimum Gasteiger partial charge on any atom is -0.489 e. The Kier molecular flexibility index (Phi) is 5.41. The third-order valence-electron chi connectivity index (χ3n) is 2.83. The Hall–Kier alpha value is -2.04. The fourth-order valence-electron chi connectivity index (χ4n) is 1.74. The number of nitrogens with one attached hydrogen (secondary N) is 1. The number of aliphatic hydroxyl groups is 2. The lowest BCUT2D eigenvalue weighted by Gasteiger charge is -2.12. The van der Waals surface area contributed by atoms with Crippen molar-refractivity contribution in [2.24, 2.45) is 0 Å². The third kappa shape index (κ3) is 4.57. The molecule has 3 N–H and O–H groups in total.